The van der Waals surface area contributed by atoms with E-state index < -0.39 is 0 Å². The molecule has 0 amide bonds. The van der Waals surface area contributed by atoms with Gasteiger partial charge in [-0.15, -0.1) is 0 Å². The Bertz CT molecular complexity index is 557. The minimum atomic E-state index is 0.565. The molecule has 0 aliphatic carbocycles. The fourth-order valence-corrected chi connectivity index (χ4v) is 1.87. The molecule has 0 aliphatic rings. The molecule has 4 nitrogen and oxygen atoms in total. The Labute approximate surface area is 112 Å². The van der Waals surface area contributed by atoms with Gasteiger partial charge in [-0.25, -0.2) is 0 Å². The summed E-state index contributed by atoms with van der Waals surface area (Å²) in [6.45, 7) is 4.00. The van der Waals surface area contributed by atoms with Crippen molar-refractivity contribution in [1.29, 1.82) is 0 Å². The molecule has 0 bridgehead atoms. The topological polar surface area (TPSA) is 41.9 Å². The molecule has 1 aromatic heterocycles. The number of hydrogen-bond donors (Lipinski definition) is 2. The van der Waals surface area contributed by atoms with Crippen LogP contribution in [0.3, 0.4) is 0 Å². The normalized spacial score (nSPS) is 10.2. The van der Waals surface area contributed by atoms with Gasteiger partial charge >= 0.3 is 0 Å². The maximum Gasteiger partial charge on any atom is 0.175 e. The van der Waals surface area contributed by atoms with Crippen LogP contribution < -0.4 is 10.6 Å². The highest BCUT2D eigenvalue weighted by Crippen LogP contribution is 2.13. The Hall–Kier alpha value is -1.88. The third-order valence-corrected chi connectivity index (χ3v) is 2.78. The van der Waals surface area contributed by atoms with Gasteiger partial charge in [-0.3, -0.25) is 4.68 Å². The van der Waals surface area contributed by atoms with Crippen LogP contribution in [0.5, 0.6) is 0 Å². The summed E-state index contributed by atoms with van der Waals surface area (Å²) in [5.74, 6) is 0. The number of hydrogen-bond acceptors (Lipinski definition) is 2. The largest absolute Gasteiger partial charge is 0.332 e. The van der Waals surface area contributed by atoms with E-state index >= 15 is 0 Å². The fourth-order valence-electron chi connectivity index (χ4n) is 1.64. The molecule has 0 saturated carbocycles. The number of anilines is 2. The maximum absolute atomic E-state index is 5.26. The smallest absolute Gasteiger partial charge is 0.175 e. The zero-order valence-electron chi connectivity index (χ0n) is 10.7. The minimum Gasteiger partial charge on any atom is -0.332 e. The van der Waals surface area contributed by atoms with Crippen LogP contribution >= 0.6 is 12.2 Å². The molecular formula is C13H16N4S. The molecule has 0 fully saturated rings. The average molecular weight is 260 g/mol. The number of aryl methyl sites for hydroxylation is 3. The van der Waals surface area contributed by atoms with Gasteiger partial charge in [-0.1, -0.05) is 17.7 Å². The lowest BCUT2D eigenvalue weighted by Crippen LogP contribution is -2.19. The first-order valence-corrected chi connectivity index (χ1v) is 6.10. The van der Waals surface area contributed by atoms with Crippen molar-refractivity contribution in [3.05, 3.63) is 41.7 Å². The number of nitrogens with one attached hydrogen (secondary N) is 2. The molecule has 0 atom stereocenters. The molecule has 1 aromatic carbocycles. The summed E-state index contributed by atoms with van der Waals surface area (Å²) in [6.07, 6.45) is 1.90. The van der Waals surface area contributed by atoms with Gasteiger partial charge < -0.3 is 10.6 Å². The van der Waals surface area contributed by atoms with Crippen LogP contribution in [0.2, 0.25) is 0 Å². The lowest BCUT2D eigenvalue weighted by Gasteiger charge is -2.09. The van der Waals surface area contributed by atoms with Crippen molar-refractivity contribution in [1.82, 2.24) is 9.78 Å². The quantitative estimate of drug-likeness (QED) is 0.815. The van der Waals surface area contributed by atoms with E-state index in [0.29, 0.717) is 5.11 Å². The van der Waals surface area contributed by atoms with E-state index in [4.69, 9.17) is 12.2 Å². The number of aromatic nitrogens is 2. The second-order valence-corrected chi connectivity index (χ2v) is 4.66. The molecular weight excluding hydrogens is 244 g/mol. The molecule has 2 N–H and O–H groups in total. The third kappa shape index (κ3) is 3.07. The summed E-state index contributed by atoms with van der Waals surface area (Å²) in [4.78, 5) is 0. The average Bonchev–Trinajstić information content (AvgIpc) is 2.61. The molecule has 0 spiro atoms. The lowest BCUT2D eigenvalue weighted by atomic mass is 10.2. The number of thiocarbonyl (C=S) groups is 1. The zero-order chi connectivity index (χ0) is 13.1. The SMILES string of the molecule is Cc1ccc(NC(=S)Nc2cn(C)nc2C)cc1. The highest BCUT2D eigenvalue weighted by molar-refractivity contribution is 7.80. The first kappa shape index (κ1) is 12.6. The van der Waals surface area contributed by atoms with Gasteiger partial charge in [-0.2, -0.15) is 5.10 Å². The first-order chi connectivity index (χ1) is 8.54. The van der Waals surface area contributed by atoms with Crippen LogP contribution in [0.1, 0.15) is 11.3 Å². The fraction of sp³-hybridized carbons (Fsp3) is 0.231. The van der Waals surface area contributed by atoms with Crippen LogP contribution in [0, 0.1) is 13.8 Å². The maximum atomic E-state index is 5.26. The number of nitrogens with zero attached hydrogens (tertiary/aromatic N) is 2. The molecule has 1 heterocycles. The van der Waals surface area contributed by atoms with Crippen LogP contribution in [-0.4, -0.2) is 14.9 Å². The summed E-state index contributed by atoms with van der Waals surface area (Å²) in [7, 11) is 1.88. The van der Waals surface area contributed by atoms with Crippen molar-refractivity contribution in [3.63, 3.8) is 0 Å². The molecule has 5 heteroatoms. The number of benzene rings is 1. The van der Waals surface area contributed by atoms with Crippen LogP contribution in [0.25, 0.3) is 0 Å². The van der Waals surface area contributed by atoms with E-state index in [1.165, 1.54) is 5.56 Å². The molecule has 94 valence electrons. The third-order valence-electron chi connectivity index (χ3n) is 2.57. The van der Waals surface area contributed by atoms with Gasteiger partial charge in [-0.05, 0) is 38.2 Å². The summed E-state index contributed by atoms with van der Waals surface area (Å²) in [6, 6.07) is 8.08. The van der Waals surface area contributed by atoms with Crippen molar-refractivity contribution < 1.29 is 0 Å². The monoisotopic (exact) mass is 260 g/mol. The van der Waals surface area contributed by atoms with Gasteiger partial charge in [0, 0.05) is 18.9 Å². The van der Waals surface area contributed by atoms with Crippen molar-refractivity contribution in [3.8, 4) is 0 Å². The van der Waals surface area contributed by atoms with Gasteiger partial charge in [0.25, 0.3) is 0 Å². The summed E-state index contributed by atoms with van der Waals surface area (Å²) >= 11 is 5.26. The molecule has 0 saturated heterocycles. The van der Waals surface area contributed by atoms with E-state index in [9.17, 15) is 0 Å². The van der Waals surface area contributed by atoms with Crippen LogP contribution in [0.4, 0.5) is 11.4 Å². The van der Waals surface area contributed by atoms with E-state index in [0.717, 1.165) is 17.1 Å². The van der Waals surface area contributed by atoms with Crippen molar-refractivity contribution >= 4 is 28.7 Å². The summed E-state index contributed by atoms with van der Waals surface area (Å²) in [5, 5.41) is 11.1. The van der Waals surface area contributed by atoms with E-state index in [-0.39, 0.29) is 0 Å². The molecule has 2 aromatic rings. The zero-order valence-corrected chi connectivity index (χ0v) is 11.5. The number of rotatable bonds is 2. The highest BCUT2D eigenvalue weighted by Gasteiger charge is 2.04. The van der Waals surface area contributed by atoms with E-state index in [1.807, 2.05) is 44.4 Å². The second-order valence-electron chi connectivity index (χ2n) is 4.25. The van der Waals surface area contributed by atoms with Gasteiger partial charge in [0.15, 0.2) is 5.11 Å². The molecule has 0 radical (unpaired) electrons. The lowest BCUT2D eigenvalue weighted by molar-refractivity contribution is 0.756. The highest BCUT2D eigenvalue weighted by atomic mass is 32.1. The predicted octanol–water partition coefficient (Wildman–Crippen LogP) is 2.85. The van der Waals surface area contributed by atoms with E-state index in [2.05, 4.69) is 22.7 Å². The molecule has 18 heavy (non-hydrogen) atoms. The second kappa shape index (κ2) is 5.18. The molecule has 0 aliphatic heterocycles. The molecule has 0 unspecified atom stereocenters. The van der Waals surface area contributed by atoms with Crippen LogP contribution in [-0.2, 0) is 7.05 Å². The van der Waals surface area contributed by atoms with Gasteiger partial charge in [0.05, 0.1) is 11.4 Å². The van der Waals surface area contributed by atoms with Gasteiger partial charge in [0.2, 0.25) is 0 Å². The van der Waals surface area contributed by atoms with Crippen molar-refractivity contribution in [2.45, 2.75) is 13.8 Å². The van der Waals surface area contributed by atoms with E-state index in [1.54, 1.807) is 4.68 Å². The Kier molecular flexibility index (Phi) is 3.62. The Morgan fingerprint density at radius 3 is 2.39 bits per heavy atom. The Balaban J connectivity index is 2.01. The van der Waals surface area contributed by atoms with Gasteiger partial charge in [0.1, 0.15) is 0 Å². The van der Waals surface area contributed by atoms with Crippen molar-refractivity contribution in [2.24, 2.45) is 7.05 Å². The molecule has 2 rings (SSSR count). The minimum absolute atomic E-state index is 0.565. The Morgan fingerprint density at radius 1 is 1.17 bits per heavy atom. The Morgan fingerprint density at radius 2 is 1.83 bits per heavy atom. The first-order valence-electron chi connectivity index (χ1n) is 5.69. The predicted molar refractivity (Wildman–Crippen MR) is 79.0 cm³/mol. The summed E-state index contributed by atoms with van der Waals surface area (Å²) in [5.41, 5.74) is 4.04. The van der Waals surface area contributed by atoms with Crippen LogP contribution in [0.15, 0.2) is 30.5 Å². The standard InChI is InChI=1S/C13H16N4S/c1-9-4-6-11(7-5-9)14-13(18)15-12-8-17(3)16-10(12)2/h4-8H,1-3H3,(H2,14,15,18). The van der Waals surface area contributed by atoms with Crippen molar-refractivity contribution in [2.75, 3.05) is 10.6 Å². The summed E-state index contributed by atoms with van der Waals surface area (Å²) < 4.78 is 1.76.